The Kier molecular flexibility index (Phi) is 4.48. The molecule has 1 N–H and O–H groups in total. The molecule has 1 aliphatic rings. The summed E-state index contributed by atoms with van der Waals surface area (Å²) in [6.45, 7) is 2.26. The average Bonchev–Trinajstić information content (AvgIpc) is 3.32. The van der Waals surface area contributed by atoms with Crippen LogP contribution in [0, 0.1) is 5.92 Å². The molecule has 0 spiro atoms. The first kappa shape index (κ1) is 18.5. The number of rotatable bonds is 3. The van der Waals surface area contributed by atoms with E-state index in [-0.39, 0.29) is 5.56 Å². The molecule has 1 atom stereocenters. The highest BCUT2D eigenvalue weighted by molar-refractivity contribution is 7.18. The van der Waals surface area contributed by atoms with Crippen molar-refractivity contribution in [3.63, 3.8) is 0 Å². The molecule has 0 saturated heterocycles. The number of aryl methyl sites for hydroxylation is 1. The number of aromatic nitrogens is 2. The summed E-state index contributed by atoms with van der Waals surface area (Å²) in [5.74, 6) is 2.87. The lowest BCUT2D eigenvalue weighted by Gasteiger charge is -2.17. The number of halogens is 1. The number of ether oxygens (including phenoxy) is 1. The van der Waals surface area contributed by atoms with Crippen molar-refractivity contribution in [2.45, 2.75) is 26.2 Å². The molecule has 1 aromatic carbocycles. The molecule has 29 heavy (non-hydrogen) atoms. The summed E-state index contributed by atoms with van der Waals surface area (Å²) in [6.07, 6.45) is 3.09. The van der Waals surface area contributed by atoms with Gasteiger partial charge in [-0.25, -0.2) is 4.98 Å². The number of H-pyrrole nitrogens is 1. The Hall–Kier alpha value is -2.57. The fraction of sp³-hybridized carbons (Fsp3) is 0.273. The van der Waals surface area contributed by atoms with E-state index in [0.29, 0.717) is 34.0 Å². The van der Waals surface area contributed by atoms with Gasteiger partial charge >= 0.3 is 0 Å². The zero-order chi connectivity index (χ0) is 20.1. The van der Waals surface area contributed by atoms with Crippen molar-refractivity contribution in [1.29, 1.82) is 0 Å². The number of hydrogen-bond acceptors (Lipinski definition) is 5. The second-order valence-electron chi connectivity index (χ2n) is 7.46. The minimum Gasteiger partial charge on any atom is -0.495 e. The highest BCUT2D eigenvalue weighted by Gasteiger charge is 2.23. The number of nitrogens with zero attached hydrogens (tertiary/aromatic N) is 1. The first-order chi connectivity index (χ1) is 14.0. The van der Waals surface area contributed by atoms with Gasteiger partial charge in [-0.3, -0.25) is 4.79 Å². The van der Waals surface area contributed by atoms with E-state index in [2.05, 4.69) is 11.9 Å². The van der Waals surface area contributed by atoms with Gasteiger partial charge in [0, 0.05) is 10.4 Å². The van der Waals surface area contributed by atoms with Crippen LogP contribution in [0.4, 0.5) is 0 Å². The van der Waals surface area contributed by atoms with Gasteiger partial charge in [0.05, 0.1) is 17.5 Å². The van der Waals surface area contributed by atoms with E-state index in [1.54, 1.807) is 30.6 Å². The van der Waals surface area contributed by atoms with Gasteiger partial charge in [-0.15, -0.1) is 11.3 Å². The Bertz CT molecular complexity index is 1290. The second-order valence-corrected chi connectivity index (χ2v) is 8.95. The lowest BCUT2D eigenvalue weighted by Crippen LogP contribution is -2.13. The summed E-state index contributed by atoms with van der Waals surface area (Å²) in [5, 5.41) is 1.25. The first-order valence-corrected chi connectivity index (χ1v) is 10.7. The van der Waals surface area contributed by atoms with Gasteiger partial charge in [0.15, 0.2) is 11.6 Å². The number of thiophene rings is 1. The molecule has 0 radical (unpaired) electrons. The fourth-order valence-corrected chi connectivity index (χ4v) is 5.55. The Morgan fingerprint density at radius 1 is 1.28 bits per heavy atom. The molecule has 3 heterocycles. The highest BCUT2D eigenvalue weighted by Crippen LogP contribution is 2.37. The highest BCUT2D eigenvalue weighted by atomic mass is 35.5. The maximum absolute atomic E-state index is 12.8. The summed E-state index contributed by atoms with van der Waals surface area (Å²) in [5.41, 5.74) is 1.91. The maximum Gasteiger partial charge on any atom is 0.260 e. The quantitative estimate of drug-likeness (QED) is 0.456. The van der Waals surface area contributed by atoms with E-state index in [1.807, 2.05) is 18.2 Å². The van der Waals surface area contributed by atoms with Gasteiger partial charge in [0.1, 0.15) is 16.3 Å². The van der Waals surface area contributed by atoms with Crippen LogP contribution >= 0.6 is 22.9 Å². The molecule has 7 heteroatoms. The Morgan fingerprint density at radius 3 is 2.90 bits per heavy atom. The molecule has 0 bridgehead atoms. The predicted octanol–water partition coefficient (Wildman–Crippen LogP) is 5.70. The summed E-state index contributed by atoms with van der Waals surface area (Å²) >= 11 is 7.86. The number of fused-ring (bicyclic) bond motifs is 3. The summed E-state index contributed by atoms with van der Waals surface area (Å²) < 4.78 is 11.2. The zero-order valence-electron chi connectivity index (χ0n) is 16.0. The molecular formula is C22H19ClN2O3S. The van der Waals surface area contributed by atoms with Crippen LogP contribution in [0.25, 0.3) is 33.1 Å². The third-order valence-electron chi connectivity index (χ3n) is 5.44. The van der Waals surface area contributed by atoms with Crippen molar-refractivity contribution < 1.29 is 9.15 Å². The number of hydrogen-bond donors (Lipinski definition) is 1. The normalized spacial score (nSPS) is 16.2. The lowest BCUT2D eigenvalue weighted by molar-refractivity contribution is 0.415. The minimum absolute atomic E-state index is 0.0949. The van der Waals surface area contributed by atoms with Gasteiger partial charge in [-0.05, 0) is 61.1 Å². The van der Waals surface area contributed by atoms with E-state index in [1.165, 1.54) is 10.4 Å². The van der Waals surface area contributed by atoms with Crippen molar-refractivity contribution in [2.75, 3.05) is 7.11 Å². The van der Waals surface area contributed by atoms with Crippen LogP contribution in [0.3, 0.4) is 0 Å². The van der Waals surface area contributed by atoms with Gasteiger partial charge < -0.3 is 14.1 Å². The molecule has 0 unspecified atom stereocenters. The van der Waals surface area contributed by atoms with Crippen molar-refractivity contribution in [3.8, 4) is 28.7 Å². The first-order valence-electron chi connectivity index (χ1n) is 9.52. The molecule has 148 valence electrons. The molecule has 3 aromatic heterocycles. The molecule has 0 fully saturated rings. The number of furan rings is 1. The largest absolute Gasteiger partial charge is 0.495 e. The average molecular weight is 427 g/mol. The fourth-order valence-electron chi connectivity index (χ4n) is 3.91. The van der Waals surface area contributed by atoms with Crippen molar-refractivity contribution in [2.24, 2.45) is 5.92 Å². The monoisotopic (exact) mass is 426 g/mol. The number of benzene rings is 1. The van der Waals surface area contributed by atoms with Crippen LogP contribution in [-0.2, 0) is 12.8 Å². The molecule has 4 aromatic rings. The molecule has 1 aliphatic carbocycles. The third-order valence-corrected chi connectivity index (χ3v) is 6.88. The summed E-state index contributed by atoms with van der Waals surface area (Å²) in [4.78, 5) is 22.5. The minimum atomic E-state index is -0.0949. The Balaban J connectivity index is 1.55. The third kappa shape index (κ3) is 3.16. The molecule has 5 nitrogen and oxygen atoms in total. The van der Waals surface area contributed by atoms with Crippen molar-refractivity contribution >= 4 is 33.2 Å². The van der Waals surface area contributed by atoms with Crippen LogP contribution in [0.1, 0.15) is 23.8 Å². The Morgan fingerprint density at radius 2 is 2.10 bits per heavy atom. The van der Waals surface area contributed by atoms with Gasteiger partial charge in [-0.1, -0.05) is 18.5 Å². The van der Waals surface area contributed by atoms with E-state index >= 15 is 0 Å². The zero-order valence-corrected chi connectivity index (χ0v) is 17.6. The standard InChI is InChI=1S/C22H19ClN2O3S/c1-11-3-5-13-18(9-11)29-22-19(13)21(26)24-20(25-22)17-8-7-15(28-17)12-4-6-16(27-2)14(23)10-12/h4,6-8,10-11H,3,5,9H2,1-2H3,(H,24,25,26)/t11-/m1/s1. The van der Waals surface area contributed by atoms with E-state index in [4.69, 9.17) is 25.7 Å². The SMILES string of the molecule is COc1ccc(-c2ccc(-c3nc4sc5c(c4c(=O)[nH]3)CC[C@@H](C)C5)o2)cc1Cl. The molecular weight excluding hydrogens is 408 g/mol. The van der Waals surface area contributed by atoms with Crippen LogP contribution in [0.15, 0.2) is 39.5 Å². The second kappa shape index (κ2) is 7.04. The molecule has 5 rings (SSSR count). The van der Waals surface area contributed by atoms with Crippen LogP contribution in [0.5, 0.6) is 5.75 Å². The lowest BCUT2D eigenvalue weighted by atomic mass is 9.89. The predicted molar refractivity (Wildman–Crippen MR) is 116 cm³/mol. The van der Waals surface area contributed by atoms with Gasteiger partial charge in [0.25, 0.3) is 5.56 Å². The smallest absolute Gasteiger partial charge is 0.260 e. The van der Waals surface area contributed by atoms with E-state index in [9.17, 15) is 4.79 Å². The van der Waals surface area contributed by atoms with Gasteiger partial charge in [0.2, 0.25) is 0 Å². The van der Waals surface area contributed by atoms with Crippen molar-refractivity contribution in [1.82, 2.24) is 9.97 Å². The van der Waals surface area contributed by atoms with Crippen molar-refractivity contribution in [3.05, 3.63) is 56.1 Å². The summed E-state index contributed by atoms with van der Waals surface area (Å²) in [7, 11) is 1.58. The molecule has 0 saturated carbocycles. The van der Waals surface area contributed by atoms with Gasteiger partial charge in [-0.2, -0.15) is 0 Å². The Labute approximate surface area is 176 Å². The van der Waals surface area contributed by atoms with Crippen LogP contribution in [-0.4, -0.2) is 17.1 Å². The van der Waals surface area contributed by atoms with Crippen LogP contribution < -0.4 is 10.3 Å². The maximum atomic E-state index is 12.8. The topological polar surface area (TPSA) is 68.1 Å². The molecule has 0 aliphatic heterocycles. The summed E-state index contributed by atoms with van der Waals surface area (Å²) in [6, 6.07) is 9.12. The number of nitrogens with one attached hydrogen (secondary N) is 1. The van der Waals surface area contributed by atoms with Crippen LogP contribution in [0.2, 0.25) is 5.02 Å². The number of aromatic amines is 1. The number of methoxy groups -OCH3 is 1. The van der Waals surface area contributed by atoms with E-state index < -0.39 is 0 Å². The van der Waals surface area contributed by atoms with E-state index in [0.717, 1.165) is 35.0 Å². The molecule has 0 amide bonds.